The second-order valence-electron chi connectivity index (χ2n) is 6.22. The largest absolute Gasteiger partial charge is 0.370 e. The maximum Gasteiger partial charge on any atom is 0.218 e. The third-order valence-electron chi connectivity index (χ3n) is 4.88. The first-order valence-electron chi connectivity index (χ1n) is 7.53. The lowest BCUT2D eigenvalue weighted by molar-refractivity contribution is -0.119. The number of fused-ring (bicyclic) bond motifs is 1. The molecule has 2 nitrogen and oxygen atoms in total. The molecule has 2 N–H and O–H groups in total. The third-order valence-corrected chi connectivity index (χ3v) is 4.88. The van der Waals surface area contributed by atoms with Gasteiger partial charge < -0.3 is 5.73 Å². The minimum atomic E-state index is -0.236. The minimum Gasteiger partial charge on any atom is -0.370 e. The number of nitrogens with two attached hydrogens (primary N) is 1. The average molecular weight is 279 g/mol. The Kier molecular flexibility index (Phi) is 3.54. The van der Waals surface area contributed by atoms with E-state index in [1.165, 1.54) is 16.7 Å². The molecule has 2 atom stereocenters. The van der Waals surface area contributed by atoms with Crippen LogP contribution in [0.3, 0.4) is 0 Å². The van der Waals surface area contributed by atoms with Crippen LogP contribution in [0, 0.1) is 0 Å². The van der Waals surface area contributed by atoms with Gasteiger partial charge in [-0.05, 0) is 35.4 Å². The number of benzene rings is 2. The van der Waals surface area contributed by atoms with Gasteiger partial charge in [-0.25, -0.2) is 0 Å². The molecule has 3 rings (SSSR count). The zero-order chi connectivity index (χ0) is 14.9. The Balaban J connectivity index is 2.07. The van der Waals surface area contributed by atoms with E-state index in [-0.39, 0.29) is 11.3 Å². The van der Waals surface area contributed by atoms with Crippen LogP contribution in [0.15, 0.2) is 54.6 Å². The van der Waals surface area contributed by atoms with E-state index >= 15 is 0 Å². The number of carbonyl (C=O) groups excluding carboxylic acids is 1. The Morgan fingerprint density at radius 1 is 1.14 bits per heavy atom. The van der Waals surface area contributed by atoms with Gasteiger partial charge in [-0.3, -0.25) is 4.79 Å². The molecular weight excluding hydrogens is 258 g/mol. The molecule has 0 aliphatic heterocycles. The lowest BCUT2D eigenvalue weighted by Gasteiger charge is -2.36. The predicted octanol–water partition coefficient (Wildman–Crippen LogP) is 3.55. The lowest BCUT2D eigenvalue weighted by Crippen LogP contribution is -2.34. The zero-order valence-electron chi connectivity index (χ0n) is 12.4. The number of aryl methyl sites for hydroxylation is 1. The number of hydrogen-bond acceptors (Lipinski definition) is 1. The smallest absolute Gasteiger partial charge is 0.218 e. The van der Waals surface area contributed by atoms with Crippen molar-refractivity contribution in [2.75, 3.05) is 0 Å². The van der Waals surface area contributed by atoms with Crippen molar-refractivity contribution in [2.24, 2.45) is 5.73 Å². The molecule has 2 heteroatoms. The second-order valence-corrected chi connectivity index (χ2v) is 6.22. The van der Waals surface area contributed by atoms with Crippen molar-refractivity contribution in [3.05, 3.63) is 71.3 Å². The fourth-order valence-electron chi connectivity index (χ4n) is 3.83. The number of amides is 1. The lowest BCUT2D eigenvalue weighted by atomic mass is 9.67. The van der Waals surface area contributed by atoms with Crippen molar-refractivity contribution >= 4 is 5.91 Å². The van der Waals surface area contributed by atoms with E-state index in [4.69, 9.17) is 5.73 Å². The van der Waals surface area contributed by atoms with E-state index in [1.54, 1.807) is 0 Å². The Morgan fingerprint density at radius 2 is 1.81 bits per heavy atom. The van der Waals surface area contributed by atoms with Gasteiger partial charge in [0, 0.05) is 11.8 Å². The molecular formula is C19H21NO. The van der Waals surface area contributed by atoms with Gasteiger partial charge in [0.1, 0.15) is 0 Å². The average Bonchev–Trinajstić information content (AvgIpc) is 2.92. The summed E-state index contributed by atoms with van der Waals surface area (Å²) in [6.45, 7) is 2.18. The first-order valence-corrected chi connectivity index (χ1v) is 7.53. The van der Waals surface area contributed by atoms with Crippen LogP contribution in [0.5, 0.6) is 0 Å². The topological polar surface area (TPSA) is 43.1 Å². The van der Waals surface area contributed by atoms with Crippen molar-refractivity contribution in [2.45, 2.75) is 37.5 Å². The Hall–Kier alpha value is -2.09. The predicted molar refractivity (Wildman–Crippen MR) is 85.1 cm³/mol. The first kappa shape index (κ1) is 13.9. The maximum atomic E-state index is 11.7. The van der Waals surface area contributed by atoms with Crippen LogP contribution in [0.25, 0.3) is 0 Å². The highest BCUT2D eigenvalue weighted by molar-refractivity contribution is 5.76. The van der Waals surface area contributed by atoms with Gasteiger partial charge >= 0.3 is 0 Å². The summed E-state index contributed by atoms with van der Waals surface area (Å²) in [5, 5.41) is 0. The van der Waals surface area contributed by atoms with Gasteiger partial charge in [0.2, 0.25) is 5.91 Å². The fraction of sp³-hybridized carbons (Fsp3) is 0.316. The van der Waals surface area contributed by atoms with Crippen LogP contribution in [0.1, 0.15) is 42.4 Å². The van der Waals surface area contributed by atoms with E-state index in [0.717, 1.165) is 12.8 Å². The van der Waals surface area contributed by atoms with Gasteiger partial charge in [-0.2, -0.15) is 0 Å². The molecule has 0 aromatic heterocycles. The quantitative estimate of drug-likeness (QED) is 0.913. The normalized spacial score (nSPS) is 19.8. The summed E-state index contributed by atoms with van der Waals surface area (Å²) < 4.78 is 0. The minimum absolute atomic E-state index is 0.231. The maximum absolute atomic E-state index is 11.7. The summed E-state index contributed by atoms with van der Waals surface area (Å²) in [7, 11) is 0. The van der Waals surface area contributed by atoms with Gasteiger partial charge in [-0.15, -0.1) is 0 Å². The van der Waals surface area contributed by atoms with Gasteiger partial charge in [0.25, 0.3) is 0 Å². The van der Waals surface area contributed by atoms with Crippen LogP contribution in [-0.2, 0) is 16.6 Å². The van der Waals surface area contributed by atoms with Crippen molar-refractivity contribution in [1.29, 1.82) is 0 Å². The van der Waals surface area contributed by atoms with E-state index in [1.807, 2.05) is 18.2 Å². The molecule has 108 valence electrons. The van der Waals surface area contributed by atoms with E-state index in [0.29, 0.717) is 12.3 Å². The first-order chi connectivity index (χ1) is 10.1. The number of carbonyl (C=O) groups is 1. The van der Waals surface area contributed by atoms with Crippen molar-refractivity contribution in [3.8, 4) is 0 Å². The summed E-state index contributed by atoms with van der Waals surface area (Å²) in [6.07, 6.45) is 2.55. The summed E-state index contributed by atoms with van der Waals surface area (Å²) in [6, 6.07) is 18.9. The summed E-state index contributed by atoms with van der Waals surface area (Å²) in [5.41, 5.74) is 9.32. The molecule has 2 unspecified atom stereocenters. The molecule has 0 saturated carbocycles. The molecule has 0 fully saturated rings. The van der Waals surface area contributed by atoms with Crippen LogP contribution >= 0.6 is 0 Å². The van der Waals surface area contributed by atoms with Gasteiger partial charge in [-0.1, -0.05) is 61.5 Å². The molecule has 21 heavy (non-hydrogen) atoms. The molecule has 2 aromatic rings. The Labute approximate surface area is 126 Å². The van der Waals surface area contributed by atoms with Crippen LogP contribution in [0.4, 0.5) is 0 Å². The Bertz CT molecular complexity index is 650. The molecule has 1 aliphatic carbocycles. The molecule has 0 heterocycles. The molecule has 0 bridgehead atoms. The number of hydrogen-bond donors (Lipinski definition) is 1. The third kappa shape index (κ3) is 2.46. The fourth-order valence-corrected chi connectivity index (χ4v) is 3.83. The molecule has 1 aliphatic rings. The number of rotatable bonds is 4. The SMILES string of the molecule is CC(CC(N)=O)(c1ccccc1)C1CCc2ccccc21. The molecule has 0 spiro atoms. The highest BCUT2D eigenvalue weighted by Crippen LogP contribution is 2.48. The molecule has 0 radical (unpaired) electrons. The highest BCUT2D eigenvalue weighted by atomic mass is 16.1. The molecule has 1 amide bonds. The van der Waals surface area contributed by atoms with Crippen LogP contribution in [0.2, 0.25) is 0 Å². The van der Waals surface area contributed by atoms with Crippen molar-refractivity contribution < 1.29 is 4.79 Å². The van der Waals surface area contributed by atoms with Gasteiger partial charge in [0.15, 0.2) is 0 Å². The van der Waals surface area contributed by atoms with Crippen LogP contribution in [-0.4, -0.2) is 5.91 Å². The molecule has 2 aromatic carbocycles. The van der Waals surface area contributed by atoms with E-state index in [9.17, 15) is 4.79 Å². The highest BCUT2D eigenvalue weighted by Gasteiger charge is 2.41. The standard InChI is InChI=1S/C19H21NO/c1-19(13-18(20)21,15-8-3-2-4-9-15)17-12-11-14-7-5-6-10-16(14)17/h2-10,17H,11-13H2,1H3,(H2,20,21). The van der Waals surface area contributed by atoms with E-state index < -0.39 is 0 Å². The monoisotopic (exact) mass is 279 g/mol. The van der Waals surface area contributed by atoms with Crippen LogP contribution < -0.4 is 5.73 Å². The van der Waals surface area contributed by atoms with Gasteiger partial charge in [0.05, 0.1) is 0 Å². The molecule has 0 saturated heterocycles. The van der Waals surface area contributed by atoms with E-state index in [2.05, 4.69) is 43.3 Å². The summed E-state index contributed by atoms with van der Waals surface area (Å²) in [4.78, 5) is 11.7. The summed E-state index contributed by atoms with van der Waals surface area (Å²) >= 11 is 0. The van der Waals surface area contributed by atoms with Crippen molar-refractivity contribution in [1.82, 2.24) is 0 Å². The second kappa shape index (κ2) is 5.36. The summed E-state index contributed by atoms with van der Waals surface area (Å²) in [5.74, 6) is 0.120. The number of primary amides is 1. The Morgan fingerprint density at radius 3 is 2.52 bits per heavy atom. The van der Waals surface area contributed by atoms with Crippen molar-refractivity contribution in [3.63, 3.8) is 0 Å². The zero-order valence-corrected chi connectivity index (χ0v) is 12.4.